The van der Waals surface area contributed by atoms with Gasteiger partial charge >= 0.3 is 0 Å². The first-order valence-electron chi connectivity index (χ1n) is 8.55. The molecule has 1 aromatic rings. The van der Waals surface area contributed by atoms with E-state index in [4.69, 9.17) is 0 Å². The molecule has 5 nitrogen and oxygen atoms in total. The minimum Gasteiger partial charge on any atom is -0.322 e. The molecule has 0 bridgehead atoms. The molecule has 2 aliphatic heterocycles. The summed E-state index contributed by atoms with van der Waals surface area (Å²) < 4.78 is 0. The molecule has 0 aromatic heterocycles. The van der Waals surface area contributed by atoms with Crippen LogP contribution in [-0.4, -0.2) is 35.8 Å². The summed E-state index contributed by atoms with van der Waals surface area (Å²) in [5.41, 5.74) is 1.11. The van der Waals surface area contributed by atoms with Crippen LogP contribution in [0.1, 0.15) is 49.9 Å². The van der Waals surface area contributed by atoms with E-state index in [2.05, 4.69) is 6.07 Å². The van der Waals surface area contributed by atoms with E-state index in [1.54, 1.807) is 21.9 Å². The Labute approximate surface area is 142 Å². The van der Waals surface area contributed by atoms with E-state index in [-0.39, 0.29) is 17.2 Å². The number of rotatable bonds is 2. The van der Waals surface area contributed by atoms with Gasteiger partial charge in [-0.3, -0.25) is 9.59 Å². The number of anilines is 1. The molecule has 1 unspecified atom stereocenters. The number of carbonyl (C=O) groups is 2. The van der Waals surface area contributed by atoms with Gasteiger partial charge in [0, 0.05) is 30.8 Å². The predicted molar refractivity (Wildman–Crippen MR) is 91.5 cm³/mol. The van der Waals surface area contributed by atoms with Gasteiger partial charge in [0.1, 0.15) is 6.04 Å². The predicted octanol–water partition coefficient (Wildman–Crippen LogP) is 2.97. The summed E-state index contributed by atoms with van der Waals surface area (Å²) in [4.78, 5) is 28.3. The zero-order valence-electron chi connectivity index (χ0n) is 14.3. The van der Waals surface area contributed by atoms with Gasteiger partial charge < -0.3 is 9.80 Å². The fraction of sp³-hybridized carbons (Fsp3) is 0.526. The lowest BCUT2D eigenvalue weighted by atomic mass is 9.77. The monoisotopic (exact) mass is 325 g/mol. The first-order valence-corrected chi connectivity index (χ1v) is 8.55. The Bertz CT molecular complexity index is 705. The molecule has 0 spiro atoms. The minimum atomic E-state index is -0.421. The lowest BCUT2D eigenvalue weighted by molar-refractivity contribution is -0.117. The summed E-state index contributed by atoms with van der Waals surface area (Å²) in [6, 6.07) is 9.11. The third-order valence-corrected chi connectivity index (χ3v) is 5.13. The van der Waals surface area contributed by atoms with E-state index in [1.165, 1.54) is 0 Å². The van der Waals surface area contributed by atoms with Crippen molar-refractivity contribution < 1.29 is 9.59 Å². The van der Waals surface area contributed by atoms with Crippen LogP contribution in [-0.2, 0) is 4.79 Å². The van der Waals surface area contributed by atoms with Gasteiger partial charge in [-0.2, -0.15) is 5.26 Å². The highest BCUT2D eigenvalue weighted by atomic mass is 16.2. The molecular weight excluding hydrogens is 302 g/mol. The van der Waals surface area contributed by atoms with Gasteiger partial charge in [0.25, 0.3) is 5.91 Å². The van der Waals surface area contributed by atoms with Crippen molar-refractivity contribution in [3.05, 3.63) is 29.8 Å². The fourth-order valence-electron chi connectivity index (χ4n) is 3.75. The molecule has 0 N–H and O–H groups in total. The second kappa shape index (κ2) is 6.27. The largest absolute Gasteiger partial charge is 0.322 e. The third kappa shape index (κ3) is 2.89. The Morgan fingerprint density at radius 3 is 2.75 bits per heavy atom. The molecule has 0 radical (unpaired) electrons. The second-order valence-corrected chi connectivity index (χ2v) is 7.32. The number of hydrogen-bond acceptors (Lipinski definition) is 3. The first-order chi connectivity index (χ1) is 11.4. The van der Waals surface area contributed by atoms with Crippen LogP contribution in [0.5, 0.6) is 0 Å². The maximum atomic E-state index is 13.0. The molecule has 2 fully saturated rings. The molecule has 2 amide bonds. The van der Waals surface area contributed by atoms with Crippen LogP contribution in [0.15, 0.2) is 24.3 Å². The summed E-state index contributed by atoms with van der Waals surface area (Å²) >= 11 is 0. The zero-order chi connectivity index (χ0) is 17.3. The Kier molecular flexibility index (Phi) is 4.31. The normalized spacial score (nSPS) is 23.2. The molecule has 0 saturated carbocycles. The summed E-state index contributed by atoms with van der Waals surface area (Å²) in [7, 11) is 0. The maximum Gasteiger partial charge on any atom is 0.255 e. The average molecular weight is 325 g/mol. The molecule has 5 heteroatoms. The van der Waals surface area contributed by atoms with E-state index < -0.39 is 6.04 Å². The van der Waals surface area contributed by atoms with E-state index in [1.807, 2.05) is 26.0 Å². The lowest BCUT2D eigenvalue weighted by Crippen LogP contribution is -2.51. The van der Waals surface area contributed by atoms with Crippen LogP contribution in [0.25, 0.3) is 0 Å². The van der Waals surface area contributed by atoms with Crippen molar-refractivity contribution in [1.82, 2.24) is 4.90 Å². The van der Waals surface area contributed by atoms with Gasteiger partial charge in [-0.15, -0.1) is 0 Å². The van der Waals surface area contributed by atoms with Crippen molar-refractivity contribution in [2.75, 3.05) is 18.0 Å². The Morgan fingerprint density at radius 1 is 1.29 bits per heavy atom. The molecule has 1 aromatic carbocycles. The molecule has 24 heavy (non-hydrogen) atoms. The van der Waals surface area contributed by atoms with Gasteiger partial charge in [0.05, 0.1) is 6.07 Å². The fourth-order valence-corrected chi connectivity index (χ4v) is 3.75. The van der Waals surface area contributed by atoms with Gasteiger partial charge in [-0.25, -0.2) is 0 Å². The maximum absolute atomic E-state index is 13.0. The number of carbonyl (C=O) groups excluding carboxylic acids is 2. The van der Waals surface area contributed by atoms with Gasteiger partial charge in [0.2, 0.25) is 5.91 Å². The highest BCUT2D eigenvalue weighted by Gasteiger charge is 2.40. The van der Waals surface area contributed by atoms with E-state index in [0.717, 1.165) is 24.9 Å². The van der Waals surface area contributed by atoms with Gasteiger partial charge in [0.15, 0.2) is 0 Å². The van der Waals surface area contributed by atoms with Gasteiger partial charge in [-0.1, -0.05) is 19.9 Å². The zero-order valence-corrected chi connectivity index (χ0v) is 14.3. The quantitative estimate of drug-likeness (QED) is 0.839. The van der Waals surface area contributed by atoms with Crippen molar-refractivity contribution in [2.24, 2.45) is 5.41 Å². The highest BCUT2D eigenvalue weighted by molar-refractivity contribution is 5.99. The number of likely N-dealkylation sites (tertiary alicyclic amines) is 1. The number of hydrogen-bond donors (Lipinski definition) is 0. The standard InChI is InChI=1S/C19H23N3O2/c1-19(2)9-5-11-22(16(19)13-20)18(24)14-6-3-7-15(12-14)21-10-4-8-17(21)23/h3,6-7,12,16H,4-5,8-11H2,1-2H3. The van der Waals surface area contributed by atoms with Crippen LogP contribution >= 0.6 is 0 Å². The topological polar surface area (TPSA) is 64.4 Å². The summed E-state index contributed by atoms with van der Waals surface area (Å²) in [6.07, 6.45) is 3.27. The summed E-state index contributed by atoms with van der Waals surface area (Å²) in [5.74, 6) is -0.0172. The van der Waals surface area contributed by atoms with Crippen LogP contribution in [0.2, 0.25) is 0 Å². The van der Waals surface area contributed by atoms with Crippen LogP contribution in [0, 0.1) is 16.7 Å². The van der Waals surface area contributed by atoms with Crippen LogP contribution in [0.3, 0.4) is 0 Å². The highest BCUT2D eigenvalue weighted by Crippen LogP contribution is 2.35. The molecule has 3 rings (SSSR count). The van der Waals surface area contributed by atoms with Crippen molar-refractivity contribution in [3.63, 3.8) is 0 Å². The van der Waals surface area contributed by atoms with E-state index in [0.29, 0.717) is 25.1 Å². The summed E-state index contributed by atoms with van der Waals surface area (Å²) in [6.45, 7) is 5.39. The molecule has 0 aliphatic carbocycles. The van der Waals surface area contributed by atoms with Crippen LogP contribution < -0.4 is 4.90 Å². The van der Waals surface area contributed by atoms with Crippen molar-refractivity contribution >= 4 is 17.5 Å². The average Bonchev–Trinajstić information content (AvgIpc) is 2.99. The number of amides is 2. The summed E-state index contributed by atoms with van der Waals surface area (Å²) in [5, 5.41) is 9.56. The third-order valence-electron chi connectivity index (χ3n) is 5.13. The molecule has 2 aliphatic rings. The smallest absolute Gasteiger partial charge is 0.255 e. The molecule has 126 valence electrons. The second-order valence-electron chi connectivity index (χ2n) is 7.32. The SMILES string of the molecule is CC1(C)CCCN(C(=O)c2cccc(N3CCCC3=O)c2)C1C#N. The number of piperidine rings is 1. The molecular formula is C19H23N3O2. The van der Waals surface area contributed by atoms with Crippen molar-refractivity contribution in [2.45, 2.75) is 45.6 Å². The Hall–Kier alpha value is -2.35. The number of nitrogens with zero attached hydrogens (tertiary/aromatic N) is 3. The number of nitriles is 1. The lowest BCUT2D eigenvalue weighted by Gasteiger charge is -2.42. The molecule has 2 saturated heterocycles. The van der Waals surface area contributed by atoms with Crippen LogP contribution in [0.4, 0.5) is 5.69 Å². The van der Waals surface area contributed by atoms with Gasteiger partial charge in [-0.05, 0) is 42.9 Å². The van der Waals surface area contributed by atoms with E-state index >= 15 is 0 Å². The molecule has 1 atom stereocenters. The first kappa shape index (κ1) is 16.5. The Morgan fingerprint density at radius 2 is 2.08 bits per heavy atom. The minimum absolute atomic E-state index is 0.105. The molecule has 2 heterocycles. The van der Waals surface area contributed by atoms with Crippen molar-refractivity contribution in [1.29, 1.82) is 5.26 Å². The van der Waals surface area contributed by atoms with Crippen molar-refractivity contribution in [3.8, 4) is 6.07 Å². The Balaban J connectivity index is 1.87. The number of benzene rings is 1. The van der Waals surface area contributed by atoms with E-state index in [9.17, 15) is 14.9 Å².